The van der Waals surface area contributed by atoms with Gasteiger partial charge < -0.3 is 15.0 Å². The summed E-state index contributed by atoms with van der Waals surface area (Å²) in [5.41, 5.74) is 0.345. The van der Waals surface area contributed by atoms with Crippen LogP contribution in [0.1, 0.15) is 39.7 Å². The van der Waals surface area contributed by atoms with Crippen molar-refractivity contribution < 1.29 is 14.3 Å². The van der Waals surface area contributed by atoms with E-state index in [1.807, 2.05) is 70.2 Å². The summed E-state index contributed by atoms with van der Waals surface area (Å²) in [6, 6.07) is 18.1. The van der Waals surface area contributed by atoms with Gasteiger partial charge in [-0.2, -0.15) is 0 Å². The number of carbonyl (C=O) groups is 2. The van der Waals surface area contributed by atoms with Gasteiger partial charge in [-0.1, -0.05) is 72.6 Å². The second kappa shape index (κ2) is 11.1. The van der Waals surface area contributed by atoms with Crippen molar-refractivity contribution in [1.29, 1.82) is 0 Å². The van der Waals surface area contributed by atoms with E-state index >= 15 is 0 Å². The zero-order chi connectivity index (χ0) is 24.9. The molecule has 3 aromatic rings. The van der Waals surface area contributed by atoms with Crippen molar-refractivity contribution in [2.24, 2.45) is 0 Å². The number of hydrogen-bond acceptors (Lipinski definition) is 3. The lowest BCUT2D eigenvalue weighted by molar-refractivity contribution is -0.143. The first-order valence-electron chi connectivity index (χ1n) is 11.2. The molecule has 3 rings (SSSR count). The highest BCUT2D eigenvalue weighted by Gasteiger charge is 2.31. The highest BCUT2D eigenvalue weighted by molar-refractivity contribution is 6.42. The molecule has 0 aromatic heterocycles. The largest absolute Gasteiger partial charge is 0.483 e. The van der Waals surface area contributed by atoms with Crippen molar-refractivity contribution in [2.75, 3.05) is 6.61 Å². The third kappa shape index (κ3) is 6.64. The van der Waals surface area contributed by atoms with E-state index in [0.29, 0.717) is 22.2 Å². The predicted octanol–water partition coefficient (Wildman–Crippen LogP) is 6.25. The van der Waals surface area contributed by atoms with Crippen LogP contribution in [0.3, 0.4) is 0 Å². The second-order valence-electron chi connectivity index (χ2n) is 9.20. The van der Waals surface area contributed by atoms with Crippen molar-refractivity contribution in [3.8, 4) is 5.75 Å². The van der Waals surface area contributed by atoms with Gasteiger partial charge in [-0.3, -0.25) is 9.59 Å². The molecule has 0 saturated heterocycles. The normalized spacial score (nSPS) is 12.3. The molecule has 0 spiro atoms. The van der Waals surface area contributed by atoms with Crippen LogP contribution in [0.25, 0.3) is 10.8 Å². The highest BCUT2D eigenvalue weighted by atomic mass is 35.5. The summed E-state index contributed by atoms with van der Waals surface area (Å²) >= 11 is 12.3. The molecule has 5 nitrogen and oxygen atoms in total. The monoisotopic (exact) mass is 500 g/mol. The maximum Gasteiger partial charge on any atom is 0.261 e. The number of benzene rings is 3. The summed E-state index contributed by atoms with van der Waals surface area (Å²) in [6.45, 7) is 7.61. The zero-order valence-electron chi connectivity index (χ0n) is 19.9. The van der Waals surface area contributed by atoms with Crippen LogP contribution in [0.4, 0.5) is 0 Å². The van der Waals surface area contributed by atoms with Gasteiger partial charge in [0, 0.05) is 17.5 Å². The number of amides is 2. The SMILES string of the molecule is CCC(C(=O)NC(C)(C)C)N(Cc1ccc(Cl)c(Cl)c1)C(=O)COc1cccc2ccccc12. The van der Waals surface area contributed by atoms with Crippen LogP contribution in [0.5, 0.6) is 5.75 Å². The zero-order valence-corrected chi connectivity index (χ0v) is 21.4. The number of nitrogens with zero attached hydrogens (tertiary/aromatic N) is 1. The summed E-state index contributed by atoms with van der Waals surface area (Å²) in [5.74, 6) is 0.108. The Hall–Kier alpha value is -2.76. The Balaban J connectivity index is 1.86. The topological polar surface area (TPSA) is 58.6 Å². The molecular weight excluding hydrogens is 471 g/mol. The van der Waals surface area contributed by atoms with E-state index in [0.717, 1.165) is 16.3 Å². The van der Waals surface area contributed by atoms with Crippen LogP contribution in [-0.2, 0) is 16.1 Å². The van der Waals surface area contributed by atoms with E-state index in [1.165, 1.54) is 0 Å². The fraction of sp³-hybridized carbons (Fsp3) is 0.333. The molecule has 0 fully saturated rings. The smallest absolute Gasteiger partial charge is 0.261 e. The maximum atomic E-state index is 13.4. The molecule has 7 heteroatoms. The van der Waals surface area contributed by atoms with E-state index in [4.69, 9.17) is 27.9 Å². The number of halogens is 2. The number of carbonyl (C=O) groups excluding carboxylic acids is 2. The van der Waals surface area contributed by atoms with E-state index < -0.39 is 11.6 Å². The molecule has 34 heavy (non-hydrogen) atoms. The highest BCUT2D eigenvalue weighted by Crippen LogP contribution is 2.26. The molecule has 3 aromatic carbocycles. The fourth-order valence-corrected chi connectivity index (χ4v) is 4.07. The molecule has 180 valence electrons. The van der Waals surface area contributed by atoms with E-state index in [9.17, 15) is 9.59 Å². The number of fused-ring (bicyclic) bond motifs is 1. The van der Waals surface area contributed by atoms with Crippen LogP contribution in [0.15, 0.2) is 60.7 Å². The van der Waals surface area contributed by atoms with Gasteiger partial charge in [-0.25, -0.2) is 0 Å². The van der Waals surface area contributed by atoms with Gasteiger partial charge >= 0.3 is 0 Å². The average molecular weight is 501 g/mol. The van der Waals surface area contributed by atoms with Gasteiger partial charge in [-0.05, 0) is 56.3 Å². The predicted molar refractivity (Wildman–Crippen MR) is 138 cm³/mol. The minimum atomic E-state index is -0.669. The maximum absolute atomic E-state index is 13.4. The van der Waals surface area contributed by atoms with Gasteiger partial charge in [0.25, 0.3) is 5.91 Å². The van der Waals surface area contributed by atoms with Crippen LogP contribution in [-0.4, -0.2) is 34.9 Å². The summed E-state index contributed by atoms with van der Waals surface area (Å²) in [7, 11) is 0. The Labute approximate surface area is 211 Å². The lowest BCUT2D eigenvalue weighted by Crippen LogP contribution is -2.54. The third-order valence-electron chi connectivity index (χ3n) is 5.32. The van der Waals surface area contributed by atoms with Gasteiger partial charge in [0.05, 0.1) is 10.0 Å². The van der Waals surface area contributed by atoms with E-state index in [1.54, 1.807) is 23.1 Å². The molecule has 0 aliphatic rings. The van der Waals surface area contributed by atoms with Gasteiger partial charge in [0.15, 0.2) is 6.61 Å². The van der Waals surface area contributed by atoms with Gasteiger partial charge in [0.1, 0.15) is 11.8 Å². The van der Waals surface area contributed by atoms with Crippen LogP contribution in [0.2, 0.25) is 10.0 Å². The van der Waals surface area contributed by atoms with E-state index in [2.05, 4.69) is 5.32 Å². The Morgan fingerprint density at radius 3 is 2.38 bits per heavy atom. The second-order valence-corrected chi connectivity index (χ2v) is 10.0. The van der Waals surface area contributed by atoms with Crippen molar-refractivity contribution in [3.05, 3.63) is 76.3 Å². The number of ether oxygens (including phenoxy) is 1. The fourth-order valence-electron chi connectivity index (χ4n) is 3.75. The summed E-state index contributed by atoms with van der Waals surface area (Å²) < 4.78 is 5.95. The Morgan fingerprint density at radius 2 is 1.71 bits per heavy atom. The molecule has 0 saturated carbocycles. The first kappa shape index (κ1) is 25.9. The molecule has 0 aliphatic carbocycles. The average Bonchev–Trinajstić information content (AvgIpc) is 2.78. The standard InChI is InChI=1S/C27H30Cl2N2O3/c1-5-23(26(33)30-27(2,3)4)31(16-18-13-14-21(28)22(29)15-18)25(32)17-34-24-12-8-10-19-9-6-7-11-20(19)24/h6-15,23H,5,16-17H2,1-4H3,(H,30,33). The van der Waals surface area contributed by atoms with Crippen molar-refractivity contribution in [1.82, 2.24) is 10.2 Å². The lowest BCUT2D eigenvalue weighted by atomic mass is 10.1. The lowest BCUT2D eigenvalue weighted by Gasteiger charge is -2.33. The van der Waals surface area contributed by atoms with Gasteiger partial charge in [0.2, 0.25) is 5.91 Å². The van der Waals surface area contributed by atoms with Crippen LogP contribution >= 0.6 is 23.2 Å². The first-order chi connectivity index (χ1) is 16.1. The van der Waals surface area contributed by atoms with Crippen molar-refractivity contribution in [2.45, 2.75) is 52.2 Å². The van der Waals surface area contributed by atoms with Gasteiger partial charge in [-0.15, -0.1) is 0 Å². The number of hydrogen-bond donors (Lipinski definition) is 1. The Kier molecular flexibility index (Phi) is 8.45. The summed E-state index contributed by atoms with van der Waals surface area (Å²) in [4.78, 5) is 28.1. The molecule has 0 heterocycles. The minimum absolute atomic E-state index is 0.199. The Bertz CT molecular complexity index is 1170. The Morgan fingerprint density at radius 1 is 1.00 bits per heavy atom. The molecular formula is C27H30Cl2N2O3. The number of nitrogens with one attached hydrogen (secondary N) is 1. The van der Waals surface area contributed by atoms with E-state index in [-0.39, 0.29) is 25.0 Å². The van der Waals surface area contributed by atoms with Crippen LogP contribution in [0, 0.1) is 0 Å². The molecule has 1 unspecified atom stereocenters. The van der Waals surface area contributed by atoms with Crippen LogP contribution < -0.4 is 10.1 Å². The van der Waals surface area contributed by atoms with Crippen molar-refractivity contribution in [3.63, 3.8) is 0 Å². The molecule has 2 amide bonds. The molecule has 0 bridgehead atoms. The third-order valence-corrected chi connectivity index (χ3v) is 6.06. The summed E-state index contributed by atoms with van der Waals surface area (Å²) in [6.07, 6.45) is 0.448. The molecule has 0 radical (unpaired) electrons. The minimum Gasteiger partial charge on any atom is -0.483 e. The molecule has 1 atom stereocenters. The number of rotatable bonds is 8. The quantitative estimate of drug-likeness (QED) is 0.397. The molecule has 1 N–H and O–H groups in total. The first-order valence-corrected chi connectivity index (χ1v) is 12.0. The van der Waals surface area contributed by atoms with Crippen molar-refractivity contribution >= 4 is 45.8 Å². The molecule has 0 aliphatic heterocycles. The summed E-state index contributed by atoms with van der Waals surface area (Å²) in [5, 5.41) is 5.76.